The first-order chi connectivity index (χ1) is 13.6. The average Bonchev–Trinajstić information content (AvgIpc) is 3.14. The van der Waals surface area contributed by atoms with Crippen molar-refractivity contribution < 1.29 is 9.59 Å². The molecule has 0 saturated carbocycles. The second kappa shape index (κ2) is 7.66. The second-order valence-corrected chi connectivity index (χ2v) is 7.90. The largest absolute Gasteiger partial charge is 0.332 e. The molecule has 140 valence electrons. The van der Waals surface area contributed by atoms with Crippen LogP contribution in [0.1, 0.15) is 12.0 Å². The summed E-state index contributed by atoms with van der Waals surface area (Å²) in [6.45, 7) is 0.243. The van der Waals surface area contributed by atoms with E-state index in [1.807, 2.05) is 24.3 Å². The number of carbonyl (C=O) groups is 2. The van der Waals surface area contributed by atoms with Crippen LogP contribution in [-0.2, 0) is 4.79 Å². The lowest BCUT2D eigenvalue weighted by atomic mass is 10.0. The predicted molar refractivity (Wildman–Crippen MR) is 109 cm³/mol. The molecule has 28 heavy (non-hydrogen) atoms. The van der Waals surface area contributed by atoms with Gasteiger partial charge in [0.1, 0.15) is 5.25 Å². The Morgan fingerprint density at radius 2 is 2.04 bits per heavy atom. The molecule has 8 heteroatoms. The Hall–Kier alpha value is -2.82. The SMILES string of the molecule is N#CCCN1C(=O)N(c2cccnc2)C(=O)C2SC(c3ccccc3Cl)=CC21. The van der Waals surface area contributed by atoms with E-state index in [2.05, 4.69) is 11.1 Å². The first-order valence-corrected chi connectivity index (χ1v) is 9.92. The Morgan fingerprint density at radius 1 is 1.21 bits per heavy atom. The summed E-state index contributed by atoms with van der Waals surface area (Å²) in [4.78, 5) is 33.9. The lowest BCUT2D eigenvalue weighted by Gasteiger charge is -2.40. The predicted octanol–water partition coefficient (Wildman–Crippen LogP) is 3.94. The number of hydrogen-bond donors (Lipinski definition) is 0. The molecule has 6 nitrogen and oxygen atoms in total. The Bertz CT molecular complexity index is 1000. The zero-order valence-corrected chi connectivity index (χ0v) is 16.2. The molecule has 0 radical (unpaired) electrons. The number of urea groups is 1. The highest BCUT2D eigenvalue weighted by Crippen LogP contribution is 2.46. The number of hydrogen-bond acceptors (Lipinski definition) is 5. The van der Waals surface area contributed by atoms with E-state index in [4.69, 9.17) is 16.9 Å². The van der Waals surface area contributed by atoms with E-state index < -0.39 is 17.3 Å². The Kier molecular flexibility index (Phi) is 5.07. The molecule has 3 heterocycles. The van der Waals surface area contributed by atoms with Crippen molar-refractivity contribution >= 4 is 45.9 Å². The zero-order chi connectivity index (χ0) is 19.7. The van der Waals surface area contributed by atoms with E-state index in [1.165, 1.54) is 18.0 Å². The fraction of sp³-hybridized carbons (Fsp3) is 0.200. The summed E-state index contributed by atoms with van der Waals surface area (Å²) in [6.07, 6.45) is 5.16. The van der Waals surface area contributed by atoms with Gasteiger partial charge in [0, 0.05) is 28.2 Å². The van der Waals surface area contributed by atoms with Gasteiger partial charge in [-0.1, -0.05) is 29.8 Å². The maximum Gasteiger partial charge on any atom is 0.332 e. The van der Waals surface area contributed by atoms with E-state index in [1.54, 1.807) is 29.3 Å². The number of rotatable bonds is 4. The Labute approximate surface area is 171 Å². The van der Waals surface area contributed by atoms with Gasteiger partial charge in [-0.15, -0.1) is 11.8 Å². The van der Waals surface area contributed by atoms with E-state index in [0.29, 0.717) is 10.7 Å². The van der Waals surface area contributed by atoms with Crippen LogP contribution in [0.5, 0.6) is 0 Å². The third kappa shape index (κ3) is 3.15. The number of pyridine rings is 1. The molecule has 1 saturated heterocycles. The van der Waals surface area contributed by atoms with Crippen LogP contribution in [0.15, 0.2) is 54.9 Å². The van der Waals surface area contributed by atoms with Crippen LogP contribution in [0.3, 0.4) is 0 Å². The lowest BCUT2D eigenvalue weighted by Crippen LogP contribution is -2.62. The van der Waals surface area contributed by atoms with Crippen molar-refractivity contribution in [2.75, 3.05) is 11.4 Å². The average molecular weight is 411 g/mol. The summed E-state index contributed by atoms with van der Waals surface area (Å²) in [6, 6.07) is 12.0. The highest BCUT2D eigenvalue weighted by molar-refractivity contribution is 8.09. The molecule has 3 amide bonds. The number of nitriles is 1. The number of anilines is 1. The molecule has 0 aliphatic carbocycles. The Balaban J connectivity index is 1.73. The van der Waals surface area contributed by atoms with Gasteiger partial charge in [-0.2, -0.15) is 5.26 Å². The van der Waals surface area contributed by atoms with Gasteiger partial charge in [0.25, 0.3) is 5.91 Å². The number of nitrogens with zero attached hydrogens (tertiary/aromatic N) is 4. The molecule has 2 aliphatic rings. The van der Waals surface area contributed by atoms with Crippen LogP contribution in [0.25, 0.3) is 4.91 Å². The van der Waals surface area contributed by atoms with Gasteiger partial charge in [-0.05, 0) is 24.3 Å². The van der Waals surface area contributed by atoms with Crippen molar-refractivity contribution in [2.45, 2.75) is 17.7 Å². The van der Waals surface area contributed by atoms with Gasteiger partial charge in [0.2, 0.25) is 0 Å². The monoisotopic (exact) mass is 410 g/mol. The van der Waals surface area contributed by atoms with Gasteiger partial charge >= 0.3 is 6.03 Å². The van der Waals surface area contributed by atoms with E-state index in [-0.39, 0.29) is 18.9 Å². The molecule has 0 spiro atoms. The van der Waals surface area contributed by atoms with Crippen molar-refractivity contribution in [3.63, 3.8) is 0 Å². The van der Waals surface area contributed by atoms with Crippen LogP contribution in [0, 0.1) is 11.3 Å². The summed E-state index contributed by atoms with van der Waals surface area (Å²) >= 11 is 7.73. The minimum Gasteiger partial charge on any atom is -0.315 e. The third-order valence-electron chi connectivity index (χ3n) is 4.65. The van der Waals surface area contributed by atoms with Gasteiger partial charge in [-0.3, -0.25) is 9.78 Å². The van der Waals surface area contributed by atoms with Crippen molar-refractivity contribution in [2.24, 2.45) is 0 Å². The second-order valence-electron chi connectivity index (χ2n) is 6.31. The van der Waals surface area contributed by atoms with Crippen molar-refractivity contribution in [3.05, 3.63) is 65.5 Å². The molecule has 0 N–H and O–H groups in total. The minimum atomic E-state index is -0.497. The summed E-state index contributed by atoms with van der Waals surface area (Å²) in [5, 5.41) is 9.10. The highest BCUT2D eigenvalue weighted by atomic mass is 35.5. The van der Waals surface area contributed by atoms with Crippen LogP contribution in [0.2, 0.25) is 5.02 Å². The number of imide groups is 1. The van der Waals surface area contributed by atoms with E-state index in [0.717, 1.165) is 15.4 Å². The standard InChI is InChI=1S/C20H15ClN4O2S/c21-15-7-2-1-6-14(15)17-11-16-18(28-17)19(26)25(13-5-3-9-23-12-13)20(27)24(16)10-4-8-22/h1-3,5-7,9,11-12,16,18H,4,10H2. The van der Waals surface area contributed by atoms with Crippen LogP contribution >= 0.6 is 23.4 Å². The zero-order valence-electron chi connectivity index (χ0n) is 14.7. The molecule has 4 rings (SSSR count). The molecule has 1 fully saturated rings. The molecular formula is C20H15ClN4O2S. The molecule has 2 unspecified atom stereocenters. The number of thioether (sulfide) groups is 1. The van der Waals surface area contributed by atoms with Crippen molar-refractivity contribution in [1.29, 1.82) is 5.26 Å². The van der Waals surface area contributed by atoms with Crippen molar-refractivity contribution in [1.82, 2.24) is 9.88 Å². The summed E-state index contributed by atoms with van der Waals surface area (Å²) in [5.74, 6) is -0.292. The number of benzene rings is 1. The number of fused-ring (bicyclic) bond motifs is 1. The minimum absolute atomic E-state index is 0.184. The topological polar surface area (TPSA) is 77.3 Å². The maximum atomic E-state index is 13.2. The first kappa shape index (κ1) is 18.5. The number of carbonyl (C=O) groups excluding carboxylic acids is 2. The maximum absolute atomic E-state index is 13.2. The number of amides is 3. The summed E-state index contributed by atoms with van der Waals surface area (Å²) in [5.41, 5.74) is 1.25. The van der Waals surface area contributed by atoms with Gasteiger partial charge in [-0.25, -0.2) is 9.69 Å². The smallest absolute Gasteiger partial charge is 0.315 e. The highest BCUT2D eigenvalue weighted by Gasteiger charge is 2.49. The third-order valence-corrected chi connectivity index (χ3v) is 6.33. The molecule has 2 atom stereocenters. The van der Waals surface area contributed by atoms with Crippen LogP contribution in [0.4, 0.5) is 10.5 Å². The van der Waals surface area contributed by atoms with Gasteiger partial charge < -0.3 is 4.90 Å². The Morgan fingerprint density at radius 3 is 2.75 bits per heavy atom. The first-order valence-electron chi connectivity index (χ1n) is 8.66. The number of aromatic nitrogens is 1. The quantitative estimate of drug-likeness (QED) is 0.762. The summed E-state index contributed by atoms with van der Waals surface area (Å²) in [7, 11) is 0. The molecular weight excluding hydrogens is 396 g/mol. The fourth-order valence-corrected chi connectivity index (χ4v) is 5.03. The van der Waals surface area contributed by atoms with Gasteiger partial charge in [0.05, 0.1) is 30.4 Å². The van der Waals surface area contributed by atoms with Crippen LogP contribution < -0.4 is 4.90 Å². The number of halogens is 1. The molecule has 1 aromatic heterocycles. The molecule has 1 aromatic carbocycles. The lowest BCUT2D eigenvalue weighted by molar-refractivity contribution is -0.119. The molecule has 2 aliphatic heterocycles. The van der Waals surface area contributed by atoms with Gasteiger partial charge in [0.15, 0.2) is 0 Å². The molecule has 2 aromatic rings. The normalized spacial score (nSPS) is 21.4. The van der Waals surface area contributed by atoms with Crippen molar-refractivity contribution in [3.8, 4) is 6.07 Å². The molecule has 0 bridgehead atoms. The van der Waals surface area contributed by atoms with E-state index in [9.17, 15) is 9.59 Å². The van der Waals surface area contributed by atoms with Crippen LogP contribution in [-0.4, -0.2) is 39.7 Å². The fourth-order valence-electron chi connectivity index (χ4n) is 3.37. The summed E-state index contributed by atoms with van der Waals surface area (Å²) < 4.78 is 0. The van der Waals surface area contributed by atoms with E-state index >= 15 is 0 Å².